The van der Waals surface area contributed by atoms with Crippen molar-refractivity contribution in [1.82, 2.24) is 9.97 Å². The number of nitrogens with one attached hydrogen (secondary N) is 2. The molecule has 1 heterocycles. The lowest BCUT2D eigenvalue weighted by Crippen LogP contribution is -2.12. The Morgan fingerprint density at radius 1 is 1.31 bits per heavy atom. The van der Waals surface area contributed by atoms with Crippen molar-refractivity contribution in [2.24, 2.45) is 0 Å². The van der Waals surface area contributed by atoms with Gasteiger partial charge in [-0.05, 0) is 30.8 Å². The maximum atomic E-state index is 11.7. The molecule has 0 atom stereocenters. The van der Waals surface area contributed by atoms with Gasteiger partial charge in [-0.1, -0.05) is 17.7 Å². The van der Waals surface area contributed by atoms with Gasteiger partial charge in [-0.15, -0.1) is 0 Å². The van der Waals surface area contributed by atoms with Crippen LogP contribution in [-0.4, -0.2) is 9.97 Å². The molecule has 2 N–H and O–H groups in total. The minimum Gasteiger partial charge on any atom is -0.331 e. The van der Waals surface area contributed by atoms with Crippen molar-refractivity contribution < 1.29 is 0 Å². The van der Waals surface area contributed by atoms with Gasteiger partial charge in [-0.3, -0.25) is 9.78 Å². The molecule has 0 saturated heterocycles. The fourth-order valence-corrected chi connectivity index (χ4v) is 2.37. The Hall–Kier alpha value is -1.68. The highest BCUT2D eigenvalue weighted by atomic mass is 32.1. The number of fused-ring (bicyclic) bond motifs is 3. The molecule has 1 aromatic carbocycles. The number of aromatic amines is 2. The fourth-order valence-electron chi connectivity index (χ4n) is 2.18. The first-order valence-electron chi connectivity index (χ1n) is 5.10. The number of benzene rings is 1. The predicted molar refractivity (Wildman–Crippen MR) is 65.2 cm³/mol. The molecule has 4 heteroatoms. The molecular formula is C12H10N2OS. The summed E-state index contributed by atoms with van der Waals surface area (Å²) in [5, 5.41) is 0. The smallest absolute Gasteiger partial charge is 0.255 e. The van der Waals surface area contributed by atoms with E-state index < -0.39 is 0 Å². The zero-order valence-electron chi connectivity index (χ0n) is 8.76. The maximum Gasteiger partial charge on any atom is 0.255 e. The van der Waals surface area contributed by atoms with Crippen LogP contribution < -0.4 is 5.56 Å². The molecule has 2 aromatic rings. The summed E-state index contributed by atoms with van der Waals surface area (Å²) in [5.74, 6) is 0. The molecule has 0 amide bonds. The van der Waals surface area contributed by atoms with E-state index >= 15 is 0 Å². The van der Waals surface area contributed by atoms with Crippen molar-refractivity contribution in [2.45, 2.75) is 13.3 Å². The van der Waals surface area contributed by atoms with Crippen LogP contribution in [0.15, 0.2) is 23.0 Å². The summed E-state index contributed by atoms with van der Waals surface area (Å²) in [6, 6.07) is 6.22. The topological polar surface area (TPSA) is 48.6 Å². The zero-order chi connectivity index (χ0) is 11.3. The van der Waals surface area contributed by atoms with E-state index in [0.29, 0.717) is 11.2 Å². The Morgan fingerprint density at radius 2 is 2.12 bits per heavy atom. The average molecular weight is 230 g/mol. The number of aromatic nitrogens is 2. The lowest BCUT2D eigenvalue weighted by Gasteiger charge is -2.01. The summed E-state index contributed by atoms with van der Waals surface area (Å²) < 4.78 is 0.387. The van der Waals surface area contributed by atoms with Crippen LogP contribution in [0.2, 0.25) is 0 Å². The molecule has 0 aliphatic heterocycles. The number of hydrogen-bond acceptors (Lipinski definition) is 2. The largest absolute Gasteiger partial charge is 0.331 e. The van der Waals surface area contributed by atoms with Gasteiger partial charge in [-0.2, -0.15) is 0 Å². The second kappa shape index (κ2) is 3.15. The molecule has 0 spiro atoms. The third kappa shape index (κ3) is 1.27. The molecule has 1 aliphatic carbocycles. The van der Waals surface area contributed by atoms with E-state index in [2.05, 4.69) is 28.2 Å². The van der Waals surface area contributed by atoms with Crippen LogP contribution in [0.5, 0.6) is 0 Å². The SMILES string of the molecule is Cc1ccc2c(c1)-c1[nH]c(=S)[nH]c(=O)c1C2. The Bertz CT molecular complexity index is 697. The summed E-state index contributed by atoms with van der Waals surface area (Å²) >= 11 is 4.99. The van der Waals surface area contributed by atoms with Crippen LogP contribution in [0.1, 0.15) is 16.7 Å². The maximum absolute atomic E-state index is 11.7. The third-order valence-corrected chi connectivity index (χ3v) is 3.15. The van der Waals surface area contributed by atoms with Crippen molar-refractivity contribution in [2.75, 3.05) is 0 Å². The van der Waals surface area contributed by atoms with E-state index in [0.717, 1.165) is 16.8 Å². The Morgan fingerprint density at radius 3 is 2.94 bits per heavy atom. The number of hydrogen-bond donors (Lipinski definition) is 2. The first-order chi connectivity index (χ1) is 7.65. The van der Waals surface area contributed by atoms with E-state index in [9.17, 15) is 4.79 Å². The van der Waals surface area contributed by atoms with Gasteiger partial charge in [0.05, 0.1) is 5.69 Å². The third-order valence-electron chi connectivity index (χ3n) is 2.94. The molecule has 3 rings (SSSR count). The summed E-state index contributed by atoms with van der Waals surface area (Å²) in [5.41, 5.74) is 5.07. The summed E-state index contributed by atoms with van der Waals surface area (Å²) in [7, 11) is 0. The molecule has 0 bridgehead atoms. The van der Waals surface area contributed by atoms with Gasteiger partial charge in [0.2, 0.25) is 0 Å². The average Bonchev–Trinajstić information content (AvgIpc) is 2.57. The first-order valence-corrected chi connectivity index (χ1v) is 5.51. The summed E-state index contributed by atoms with van der Waals surface area (Å²) in [4.78, 5) is 17.4. The highest BCUT2D eigenvalue weighted by molar-refractivity contribution is 7.71. The van der Waals surface area contributed by atoms with Crippen LogP contribution in [0.3, 0.4) is 0 Å². The van der Waals surface area contributed by atoms with E-state index in [4.69, 9.17) is 12.2 Å². The highest BCUT2D eigenvalue weighted by Gasteiger charge is 2.21. The van der Waals surface area contributed by atoms with Gasteiger partial charge < -0.3 is 4.98 Å². The Balaban J connectivity index is 2.40. The van der Waals surface area contributed by atoms with E-state index in [-0.39, 0.29) is 5.56 Å². The Kier molecular flexibility index (Phi) is 1.88. The molecule has 0 fully saturated rings. The molecule has 1 aromatic heterocycles. The van der Waals surface area contributed by atoms with Crippen molar-refractivity contribution in [3.05, 3.63) is 50.0 Å². The second-order valence-electron chi connectivity index (χ2n) is 4.10. The number of rotatable bonds is 0. The molecule has 80 valence electrons. The van der Waals surface area contributed by atoms with Crippen LogP contribution in [-0.2, 0) is 6.42 Å². The van der Waals surface area contributed by atoms with Gasteiger partial charge in [0.15, 0.2) is 4.77 Å². The lowest BCUT2D eigenvalue weighted by molar-refractivity contribution is 1.05. The quantitative estimate of drug-likeness (QED) is 0.582. The zero-order valence-corrected chi connectivity index (χ0v) is 9.57. The van der Waals surface area contributed by atoms with E-state index in [1.165, 1.54) is 11.1 Å². The predicted octanol–water partition coefficient (Wildman–Crippen LogP) is 2.31. The van der Waals surface area contributed by atoms with Crippen molar-refractivity contribution in [3.8, 4) is 11.3 Å². The minimum atomic E-state index is -0.0763. The van der Waals surface area contributed by atoms with Crippen molar-refractivity contribution in [1.29, 1.82) is 0 Å². The van der Waals surface area contributed by atoms with Gasteiger partial charge in [-0.25, -0.2) is 0 Å². The number of aryl methyl sites for hydroxylation is 1. The van der Waals surface area contributed by atoms with Gasteiger partial charge in [0.25, 0.3) is 5.56 Å². The minimum absolute atomic E-state index is 0.0763. The molecule has 1 aliphatic rings. The van der Waals surface area contributed by atoms with Crippen LogP contribution in [0.25, 0.3) is 11.3 Å². The fraction of sp³-hybridized carbons (Fsp3) is 0.167. The molecule has 0 unspecified atom stereocenters. The highest BCUT2D eigenvalue weighted by Crippen LogP contribution is 2.33. The molecule has 3 nitrogen and oxygen atoms in total. The Labute approximate surface area is 97.2 Å². The van der Waals surface area contributed by atoms with Crippen LogP contribution in [0, 0.1) is 11.7 Å². The second-order valence-corrected chi connectivity index (χ2v) is 4.51. The monoisotopic (exact) mass is 230 g/mol. The van der Waals surface area contributed by atoms with E-state index in [1.807, 2.05) is 6.92 Å². The molecular weight excluding hydrogens is 220 g/mol. The van der Waals surface area contributed by atoms with Gasteiger partial charge in [0, 0.05) is 17.5 Å². The van der Waals surface area contributed by atoms with Crippen molar-refractivity contribution >= 4 is 12.2 Å². The molecule has 0 radical (unpaired) electrons. The van der Waals surface area contributed by atoms with Crippen LogP contribution in [0.4, 0.5) is 0 Å². The van der Waals surface area contributed by atoms with Gasteiger partial charge in [0.1, 0.15) is 0 Å². The first kappa shape index (κ1) is 9.54. The van der Waals surface area contributed by atoms with Crippen molar-refractivity contribution in [3.63, 3.8) is 0 Å². The van der Waals surface area contributed by atoms with E-state index in [1.54, 1.807) is 0 Å². The summed E-state index contributed by atoms with van der Waals surface area (Å²) in [6.07, 6.45) is 0.687. The lowest BCUT2D eigenvalue weighted by atomic mass is 10.1. The van der Waals surface area contributed by atoms with Crippen LogP contribution >= 0.6 is 12.2 Å². The number of H-pyrrole nitrogens is 2. The standard InChI is InChI=1S/C12H10N2OS/c1-6-2-3-7-5-9-10(8(7)4-6)13-12(16)14-11(9)15/h2-4H,5H2,1H3,(H2,13,14,15,16). The molecule has 16 heavy (non-hydrogen) atoms. The molecule has 0 saturated carbocycles. The summed E-state index contributed by atoms with van der Waals surface area (Å²) in [6.45, 7) is 2.04. The normalized spacial score (nSPS) is 12.3. The van der Waals surface area contributed by atoms with Gasteiger partial charge >= 0.3 is 0 Å².